The van der Waals surface area contributed by atoms with E-state index in [0.717, 1.165) is 30.1 Å². The summed E-state index contributed by atoms with van der Waals surface area (Å²) in [5.74, 6) is 0.652. The molecule has 2 aromatic carbocycles. The molecule has 0 aromatic heterocycles. The summed E-state index contributed by atoms with van der Waals surface area (Å²) in [6, 6.07) is 20.8. The maximum absolute atomic E-state index is 12.6. The zero-order chi connectivity index (χ0) is 18.2. The van der Waals surface area contributed by atoms with Gasteiger partial charge in [-0.15, -0.1) is 0 Å². The smallest absolute Gasteiger partial charge is 0.239 e. The van der Waals surface area contributed by atoms with Crippen LogP contribution in [0.4, 0.5) is 0 Å². The number of hydrogen-bond donors (Lipinski definition) is 0. The maximum atomic E-state index is 12.6. The van der Waals surface area contributed by atoms with Crippen molar-refractivity contribution in [2.24, 2.45) is 4.99 Å². The normalized spacial score (nSPS) is 23.3. The van der Waals surface area contributed by atoms with Gasteiger partial charge in [0.1, 0.15) is 0 Å². The zero-order valence-electron chi connectivity index (χ0n) is 15.0. The molecule has 0 bridgehead atoms. The number of fused-ring (bicyclic) bond motifs is 1. The standard InChI is InChI=1S/C23H20N2OS/c26-20-15-27-23-24-21-18(14-16-8-3-1-4-9-16)12-7-13-19(21)22(25(20)23)17-10-5-2-6-11-17/h1-6,8-11,14,22H,7,12-13,15H2/b18-14-/t22-/m0/s1. The lowest BCUT2D eigenvalue weighted by molar-refractivity contribution is -0.125. The highest BCUT2D eigenvalue weighted by Crippen LogP contribution is 2.47. The molecule has 3 nitrogen and oxygen atoms in total. The van der Waals surface area contributed by atoms with Crippen molar-refractivity contribution < 1.29 is 4.79 Å². The van der Waals surface area contributed by atoms with Crippen LogP contribution >= 0.6 is 11.8 Å². The first-order valence-electron chi connectivity index (χ1n) is 9.39. The average molecular weight is 372 g/mol. The summed E-state index contributed by atoms with van der Waals surface area (Å²) in [7, 11) is 0. The minimum atomic E-state index is -0.0179. The lowest BCUT2D eigenvalue weighted by Gasteiger charge is -2.37. The van der Waals surface area contributed by atoms with Crippen LogP contribution in [-0.2, 0) is 4.79 Å². The Bertz CT molecular complexity index is 976. The molecule has 0 saturated carbocycles. The van der Waals surface area contributed by atoms with Crippen molar-refractivity contribution in [3.05, 3.63) is 88.6 Å². The third-order valence-corrected chi connectivity index (χ3v) is 6.29. The molecule has 5 rings (SSSR count). The third-order valence-electron chi connectivity index (χ3n) is 5.35. The van der Waals surface area contributed by atoms with Crippen LogP contribution in [-0.4, -0.2) is 21.7 Å². The van der Waals surface area contributed by atoms with E-state index in [9.17, 15) is 4.79 Å². The van der Waals surface area contributed by atoms with Crippen LogP contribution in [0.15, 0.2) is 82.5 Å². The Morgan fingerprint density at radius 2 is 1.74 bits per heavy atom. The fourth-order valence-electron chi connectivity index (χ4n) is 4.16. The summed E-state index contributed by atoms with van der Waals surface area (Å²) in [6.07, 6.45) is 5.38. The van der Waals surface area contributed by atoms with E-state index in [0.29, 0.717) is 5.75 Å². The molecule has 2 aromatic rings. The molecule has 0 unspecified atom stereocenters. The van der Waals surface area contributed by atoms with E-state index < -0.39 is 0 Å². The van der Waals surface area contributed by atoms with E-state index in [1.165, 1.54) is 22.3 Å². The molecule has 4 heteroatoms. The van der Waals surface area contributed by atoms with Crippen molar-refractivity contribution in [1.29, 1.82) is 0 Å². The van der Waals surface area contributed by atoms with Crippen LogP contribution in [0.5, 0.6) is 0 Å². The lowest BCUT2D eigenvalue weighted by Crippen LogP contribution is -2.38. The summed E-state index contributed by atoms with van der Waals surface area (Å²) >= 11 is 1.56. The number of benzene rings is 2. The number of rotatable bonds is 2. The number of hydrogen-bond acceptors (Lipinski definition) is 3. The van der Waals surface area contributed by atoms with Gasteiger partial charge in [-0.3, -0.25) is 9.69 Å². The van der Waals surface area contributed by atoms with Crippen LogP contribution < -0.4 is 0 Å². The van der Waals surface area contributed by atoms with E-state index in [1.54, 1.807) is 11.8 Å². The molecule has 1 atom stereocenters. The summed E-state index contributed by atoms with van der Waals surface area (Å²) in [5, 5.41) is 0.855. The van der Waals surface area contributed by atoms with E-state index in [1.807, 2.05) is 17.0 Å². The molecule has 1 amide bonds. The number of amides is 1. The van der Waals surface area contributed by atoms with Crippen LogP contribution in [0, 0.1) is 0 Å². The van der Waals surface area contributed by atoms with Gasteiger partial charge in [-0.25, -0.2) is 4.99 Å². The molecule has 3 aliphatic rings. The molecule has 0 N–H and O–H groups in total. The molecule has 27 heavy (non-hydrogen) atoms. The maximum Gasteiger partial charge on any atom is 0.239 e. The first-order chi connectivity index (χ1) is 13.3. The van der Waals surface area contributed by atoms with Gasteiger partial charge >= 0.3 is 0 Å². The van der Waals surface area contributed by atoms with Gasteiger partial charge in [0.25, 0.3) is 0 Å². The number of carbonyl (C=O) groups is 1. The predicted octanol–water partition coefficient (Wildman–Crippen LogP) is 5.19. The Hall–Kier alpha value is -2.59. The van der Waals surface area contributed by atoms with Crippen molar-refractivity contribution in [2.45, 2.75) is 25.3 Å². The summed E-state index contributed by atoms with van der Waals surface area (Å²) in [5.41, 5.74) is 6.06. The topological polar surface area (TPSA) is 32.7 Å². The van der Waals surface area contributed by atoms with Crippen molar-refractivity contribution in [3.63, 3.8) is 0 Å². The van der Waals surface area contributed by atoms with Crippen LogP contribution in [0.25, 0.3) is 6.08 Å². The molecule has 0 spiro atoms. The quantitative estimate of drug-likeness (QED) is 0.726. The number of aliphatic imine (C=N–C) groups is 1. The fraction of sp³-hybridized carbons (Fsp3) is 0.217. The molecule has 134 valence electrons. The Balaban J connectivity index is 1.66. The Morgan fingerprint density at radius 1 is 1.00 bits per heavy atom. The number of allylic oxidation sites excluding steroid dienone is 1. The average Bonchev–Trinajstić information content (AvgIpc) is 3.09. The summed E-state index contributed by atoms with van der Waals surface area (Å²) < 4.78 is 0. The Morgan fingerprint density at radius 3 is 2.52 bits per heavy atom. The second-order valence-corrected chi connectivity index (χ2v) is 8.01. The van der Waals surface area contributed by atoms with E-state index in [4.69, 9.17) is 4.99 Å². The van der Waals surface area contributed by atoms with Gasteiger partial charge in [-0.2, -0.15) is 0 Å². The second-order valence-electron chi connectivity index (χ2n) is 7.07. The van der Waals surface area contributed by atoms with Gasteiger partial charge in [0.05, 0.1) is 17.5 Å². The largest absolute Gasteiger partial charge is 0.279 e. The second kappa shape index (κ2) is 6.86. The van der Waals surface area contributed by atoms with Crippen molar-refractivity contribution in [1.82, 2.24) is 4.90 Å². The van der Waals surface area contributed by atoms with Gasteiger partial charge in [0, 0.05) is 0 Å². The van der Waals surface area contributed by atoms with Crippen molar-refractivity contribution >= 4 is 28.9 Å². The first kappa shape index (κ1) is 16.6. The Kier molecular flexibility index (Phi) is 4.21. The fourth-order valence-corrected chi connectivity index (χ4v) is 5.06. The van der Waals surface area contributed by atoms with Gasteiger partial charge in [-0.1, -0.05) is 72.4 Å². The molecular formula is C23H20N2OS. The summed E-state index contributed by atoms with van der Waals surface area (Å²) in [6.45, 7) is 0. The number of amidine groups is 1. The highest BCUT2D eigenvalue weighted by atomic mass is 32.2. The van der Waals surface area contributed by atoms with Crippen molar-refractivity contribution in [2.75, 3.05) is 5.75 Å². The molecule has 0 radical (unpaired) electrons. The van der Waals surface area contributed by atoms with Gasteiger partial charge in [0.15, 0.2) is 5.17 Å². The van der Waals surface area contributed by atoms with Gasteiger partial charge < -0.3 is 0 Å². The monoisotopic (exact) mass is 372 g/mol. The molecule has 2 heterocycles. The zero-order valence-corrected chi connectivity index (χ0v) is 15.8. The lowest BCUT2D eigenvalue weighted by atomic mass is 9.83. The minimum Gasteiger partial charge on any atom is -0.279 e. The minimum absolute atomic E-state index is 0.0179. The number of thioether (sulfide) groups is 1. The highest BCUT2D eigenvalue weighted by molar-refractivity contribution is 8.15. The number of carbonyl (C=O) groups excluding carboxylic acids is 1. The highest BCUT2D eigenvalue weighted by Gasteiger charge is 2.42. The van der Waals surface area contributed by atoms with Gasteiger partial charge in [0.2, 0.25) is 5.91 Å². The molecule has 2 aliphatic heterocycles. The molecule has 1 aliphatic carbocycles. The summed E-state index contributed by atoms with van der Waals surface area (Å²) in [4.78, 5) is 19.5. The number of nitrogens with zero attached hydrogens (tertiary/aromatic N) is 2. The van der Waals surface area contributed by atoms with E-state index >= 15 is 0 Å². The van der Waals surface area contributed by atoms with Crippen LogP contribution in [0.2, 0.25) is 0 Å². The SMILES string of the molecule is O=C1CSC2=NC3=C(CCC/C3=C/c3ccccc3)[C@H](c3ccccc3)N12. The Labute approximate surface area is 163 Å². The predicted molar refractivity (Wildman–Crippen MR) is 111 cm³/mol. The van der Waals surface area contributed by atoms with E-state index in [2.05, 4.69) is 54.6 Å². The van der Waals surface area contributed by atoms with Gasteiger partial charge in [-0.05, 0) is 47.6 Å². The van der Waals surface area contributed by atoms with E-state index in [-0.39, 0.29) is 11.9 Å². The third kappa shape index (κ3) is 2.94. The van der Waals surface area contributed by atoms with Crippen LogP contribution in [0.1, 0.15) is 36.4 Å². The molecule has 1 fully saturated rings. The van der Waals surface area contributed by atoms with Crippen LogP contribution in [0.3, 0.4) is 0 Å². The molecule has 1 saturated heterocycles. The molecular weight excluding hydrogens is 352 g/mol. The first-order valence-corrected chi connectivity index (χ1v) is 10.4. The van der Waals surface area contributed by atoms with Crippen molar-refractivity contribution in [3.8, 4) is 0 Å².